The van der Waals surface area contributed by atoms with Crippen molar-refractivity contribution in [1.29, 1.82) is 0 Å². The molecule has 0 spiro atoms. The number of allylic oxidation sites excluding steroid dienone is 1. The summed E-state index contributed by atoms with van der Waals surface area (Å²) < 4.78 is 0. The number of aliphatic hydroxyl groups is 1. The molecule has 0 heterocycles. The van der Waals surface area contributed by atoms with Crippen molar-refractivity contribution in [3.8, 4) is 0 Å². The number of aliphatic hydroxyl groups excluding tert-OH is 1. The summed E-state index contributed by atoms with van der Waals surface area (Å²) in [5.74, 6) is 5.36. The van der Waals surface area contributed by atoms with Crippen LogP contribution in [0.2, 0.25) is 0 Å². The van der Waals surface area contributed by atoms with E-state index in [-0.39, 0.29) is 6.10 Å². The van der Waals surface area contributed by atoms with E-state index in [9.17, 15) is 5.11 Å². The summed E-state index contributed by atoms with van der Waals surface area (Å²) in [6, 6.07) is 0. The maximum Gasteiger partial charge on any atom is 0.0577 e. The average molecular weight is 430 g/mol. The van der Waals surface area contributed by atoms with Crippen LogP contribution in [0.3, 0.4) is 0 Å². The Morgan fingerprint density at radius 3 is 2.55 bits per heavy atom. The van der Waals surface area contributed by atoms with Gasteiger partial charge in [0.1, 0.15) is 0 Å². The number of rotatable bonds is 8. The minimum absolute atomic E-state index is 0.0838. The second kappa shape index (κ2) is 9.49. The summed E-state index contributed by atoms with van der Waals surface area (Å²) in [7, 11) is 0. The topological polar surface area (TPSA) is 46.2 Å². The molecule has 4 aliphatic carbocycles. The molecule has 0 bridgehead atoms. The zero-order valence-electron chi connectivity index (χ0n) is 21.0. The van der Waals surface area contributed by atoms with Gasteiger partial charge < -0.3 is 10.8 Å². The fraction of sp³-hybridized carbons (Fsp3) is 0.931. The Labute approximate surface area is 192 Å². The number of nitrogens with two attached hydrogens (primary N) is 1. The first-order valence-electron chi connectivity index (χ1n) is 13.9. The lowest BCUT2D eigenvalue weighted by Gasteiger charge is -2.58. The van der Waals surface area contributed by atoms with Crippen molar-refractivity contribution in [3.63, 3.8) is 0 Å². The molecule has 4 aliphatic rings. The normalized spacial score (nSPS) is 44.1. The molecule has 2 nitrogen and oxygen atoms in total. The highest BCUT2D eigenvalue weighted by molar-refractivity contribution is 5.25. The molecule has 0 radical (unpaired) electrons. The van der Waals surface area contributed by atoms with Gasteiger partial charge >= 0.3 is 0 Å². The van der Waals surface area contributed by atoms with Gasteiger partial charge in [-0.3, -0.25) is 0 Å². The Hall–Kier alpha value is -0.340. The largest absolute Gasteiger partial charge is 0.393 e. The molecule has 0 aromatic carbocycles. The molecule has 3 fully saturated rings. The number of fused-ring (bicyclic) bond motifs is 5. The molecular weight excluding hydrogens is 378 g/mol. The van der Waals surface area contributed by atoms with Crippen LogP contribution >= 0.6 is 0 Å². The van der Waals surface area contributed by atoms with Gasteiger partial charge in [-0.25, -0.2) is 0 Å². The lowest BCUT2D eigenvalue weighted by Crippen LogP contribution is -2.50. The van der Waals surface area contributed by atoms with Gasteiger partial charge in [-0.1, -0.05) is 58.6 Å². The Kier molecular flexibility index (Phi) is 7.29. The van der Waals surface area contributed by atoms with Crippen molar-refractivity contribution in [2.75, 3.05) is 6.54 Å². The van der Waals surface area contributed by atoms with Crippen molar-refractivity contribution in [2.24, 2.45) is 52.1 Å². The van der Waals surface area contributed by atoms with E-state index in [2.05, 4.69) is 33.8 Å². The third kappa shape index (κ3) is 4.42. The minimum atomic E-state index is -0.0838. The maximum absolute atomic E-state index is 10.2. The second-order valence-electron chi connectivity index (χ2n) is 12.8. The second-order valence-corrected chi connectivity index (χ2v) is 12.8. The van der Waals surface area contributed by atoms with Crippen molar-refractivity contribution in [1.82, 2.24) is 0 Å². The van der Waals surface area contributed by atoms with Crippen LogP contribution in [-0.2, 0) is 0 Å². The SMILES string of the molecule is CC(CCCN)CCCC(C)[C@H]1CC[C@H]2[C@@H]3CC=C4C[C@@H](O)CC[C@]4(C)[C@H]3CC[C@]12C. The first-order valence-corrected chi connectivity index (χ1v) is 13.9. The molecule has 4 rings (SSSR count). The summed E-state index contributed by atoms with van der Waals surface area (Å²) in [5.41, 5.74) is 8.26. The molecule has 0 aliphatic heterocycles. The highest BCUT2D eigenvalue weighted by atomic mass is 16.3. The zero-order valence-corrected chi connectivity index (χ0v) is 21.0. The van der Waals surface area contributed by atoms with Crippen LogP contribution in [0.4, 0.5) is 0 Å². The molecule has 9 atom stereocenters. The van der Waals surface area contributed by atoms with Gasteiger partial charge in [-0.2, -0.15) is 0 Å². The van der Waals surface area contributed by atoms with Gasteiger partial charge in [0, 0.05) is 0 Å². The Balaban J connectivity index is 1.39. The van der Waals surface area contributed by atoms with E-state index in [1.807, 2.05) is 0 Å². The monoisotopic (exact) mass is 429 g/mol. The Morgan fingerprint density at radius 2 is 1.77 bits per heavy atom. The minimum Gasteiger partial charge on any atom is -0.393 e. The molecule has 3 saturated carbocycles. The third-order valence-corrected chi connectivity index (χ3v) is 11.1. The summed E-state index contributed by atoms with van der Waals surface area (Å²) in [5, 5.41) is 10.2. The summed E-state index contributed by atoms with van der Waals surface area (Å²) in [4.78, 5) is 0. The average Bonchev–Trinajstić information content (AvgIpc) is 3.10. The van der Waals surface area contributed by atoms with Crippen LogP contribution in [0.15, 0.2) is 11.6 Å². The van der Waals surface area contributed by atoms with Gasteiger partial charge in [0.25, 0.3) is 0 Å². The standard InChI is InChI=1S/C29H51NO/c1-20(8-6-18-30)7-5-9-21(2)25-12-13-26-24-11-10-22-19-23(31)14-16-28(22,3)27(24)15-17-29(25,26)4/h10,20-21,23-27,31H,5-9,11-19,30H2,1-4H3/t20?,21?,23-,24-,25+,26-,27-,28-,29+/m0/s1. The first-order chi connectivity index (χ1) is 14.8. The van der Waals surface area contributed by atoms with Gasteiger partial charge in [0.15, 0.2) is 0 Å². The summed E-state index contributed by atoms with van der Waals surface area (Å²) in [6.45, 7) is 11.1. The molecule has 0 saturated heterocycles. The molecule has 0 aromatic heterocycles. The van der Waals surface area contributed by atoms with E-state index >= 15 is 0 Å². The van der Waals surface area contributed by atoms with Crippen LogP contribution in [-0.4, -0.2) is 17.8 Å². The maximum atomic E-state index is 10.2. The van der Waals surface area contributed by atoms with Crippen LogP contribution in [0.25, 0.3) is 0 Å². The fourth-order valence-electron chi connectivity index (χ4n) is 9.22. The lowest BCUT2D eigenvalue weighted by molar-refractivity contribution is -0.0573. The zero-order chi connectivity index (χ0) is 22.2. The van der Waals surface area contributed by atoms with Crippen molar-refractivity contribution in [2.45, 2.75) is 117 Å². The predicted molar refractivity (Wildman–Crippen MR) is 132 cm³/mol. The highest BCUT2D eigenvalue weighted by Gasteiger charge is 2.59. The summed E-state index contributed by atoms with van der Waals surface area (Å²) >= 11 is 0. The van der Waals surface area contributed by atoms with E-state index in [1.165, 1.54) is 70.6 Å². The molecule has 0 aromatic rings. The van der Waals surface area contributed by atoms with Crippen LogP contribution in [0, 0.1) is 46.3 Å². The van der Waals surface area contributed by atoms with E-state index < -0.39 is 0 Å². The Bertz CT molecular complexity index is 643. The number of hydrogen-bond donors (Lipinski definition) is 2. The molecule has 31 heavy (non-hydrogen) atoms. The predicted octanol–water partition coefficient (Wildman–Crippen LogP) is 7.11. The van der Waals surface area contributed by atoms with Crippen molar-refractivity contribution in [3.05, 3.63) is 11.6 Å². The van der Waals surface area contributed by atoms with E-state index in [0.717, 1.165) is 54.9 Å². The van der Waals surface area contributed by atoms with E-state index in [4.69, 9.17) is 5.73 Å². The van der Waals surface area contributed by atoms with Crippen LogP contribution in [0.5, 0.6) is 0 Å². The van der Waals surface area contributed by atoms with Crippen LogP contribution < -0.4 is 5.73 Å². The quantitative estimate of drug-likeness (QED) is 0.404. The van der Waals surface area contributed by atoms with Gasteiger partial charge in [-0.15, -0.1) is 0 Å². The summed E-state index contributed by atoms with van der Waals surface area (Å²) in [6.07, 6.45) is 19.5. The van der Waals surface area contributed by atoms with E-state index in [1.54, 1.807) is 5.57 Å². The smallest absolute Gasteiger partial charge is 0.0577 e. The van der Waals surface area contributed by atoms with Crippen molar-refractivity contribution < 1.29 is 5.11 Å². The third-order valence-electron chi connectivity index (χ3n) is 11.1. The van der Waals surface area contributed by atoms with Gasteiger partial charge in [0.2, 0.25) is 0 Å². The molecule has 3 N–H and O–H groups in total. The van der Waals surface area contributed by atoms with Crippen LogP contribution in [0.1, 0.15) is 111 Å². The molecule has 2 unspecified atom stereocenters. The highest BCUT2D eigenvalue weighted by Crippen LogP contribution is 2.67. The van der Waals surface area contributed by atoms with Gasteiger partial charge in [-0.05, 0) is 117 Å². The van der Waals surface area contributed by atoms with E-state index in [0.29, 0.717) is 10.8 Å². The van der Waals surface area contributed by atoms with Crippen molar-refractivity contribution >= 4 is 0 Å². The lowest BCUT2D eigenvalue weighted by atomic mass is 9.47. The Morgan fingerprint density at radius 1 is 1.00 bits per heavy atom. The van der Waals surface area contributed by atoms with Gasteiger partial charge in [0.05, 0.1) is 6.10 Å². The first kappa shape index (κ1) is 23.8. The number of hydrogen-bond acceptors (Lipinski definition) is 2. The molecule has 178 valence electrons. The molecule has 2 heteroatoms. The molecular formula is C29H51NO. The molecule has 0 amide bonds. The fourth-order valence-corrected chi connectivity index (χ4v) is 9.22.